The number of halogens is 3. The lowest BCUT2D eigenvalue weighted by atomic mass is 10.0. The van der Waals surface area contributed by atoms with E-state index < -0.39 is 6.03 Å². The minimum absolute atomic E-state index is 0. The molecule has 42 heavy (non-hydrogen) atoms. The Hall–Kier alpha value is -2.94. The van der Waals surface area contributed by atoms with Gasteiger partial charge in [0.25, 0.3) is 0 Å². The first-order valence-electron chi connectivity index (χ1n) is 12.9. The molecule has 230 valence electrons. The molecule has 0 bridgehead atoms. The maximum atomic E-state index is 13.6. The number of nitrogens with one attached hydrogen (secondary N) is 3. The minimum Gasteiger partial charge on any atom is -0.492 e. The number of H-pyrrole nitrogens is 1. The van der Waals surface area contributed by atoms with Crippen molar-refractivity contribution < 1.29 is 29.3 Å². The molecular weight excluding hydrogens is 611 g/mol. The second-order valence-electron chi connectivity index (χ2n) is 9.21. The SMILES string of the molecule is Cl.Cl.Cl.O=C(Nc1cccc2c1C(=O)c1c(-c3ccc(OCCN(CCO)CCO)cc3)n[nH]c1-2)NN1CCOCC1. The summed E-state index contributed by atoms with van der Waals surface area (Å²) in [5.41, 5.74) is 6.71. The summed E-state index contributed by atoms with van der Waals surface area (Å²) in [6.07, 6.45) is 0. The van der Waals surface area contributed by atoms with Crippen LogP contribution in [-0.4, -0.2) is 108 Å². The predicted octanol–water partition coefficient (Wildman–Crippen LogP) is 2.59. The van der Waals surface area contributed by atoms with Gasteiger partial charge in [-0.1, -0.05) is 12.1 Å². The molecule has 1 fully saturated rings. The van der Waals surface area contributed by atoms with Crippen LogP contribution in [0.25, 0.3) is 22.5 Å². The molecule has 0 radical (unpaired) electrons. The fourth-order valence-corrected chi connectivity index (χ4v) is 4.79. The van der Waals surface area contributed by atoms with Crippen LogP contribution in [0.1, 0.15) is 15.9 Å². The minimum atomic E-state index is -0.418. The van der Waals surface area contributed by atoms with Gasteiger partial charge < -0.3 is 25.0 Å². The molecule has 0 spiro atoms. The number of urea groups is 1. The van der Waals surface area contributed by atoms with Gasteiger partial charge in [0.15, 0.2) is 5.78 Å². The van der Waals surface area contributed by atoms with E-state index in [1.807, 2.05) is 35.2 Å². The van der Waals surface area contributed by atoms with Crippen molar-refractivity contribution in [2.24, 2.45) is 0 Å². The standard InChI is InChI=1S/C27H32N6O6.3ClH/c34-13-8-32(9-14-35)10-17-39-19-6-4-18(5-7-19)24-23-25(30-29-24)20-2-1-3-21(22(20)26(23)36)28-27(37)31-33-11-15-38-16-12-33;;;/h1-7,34-35H,8-17H2,(H,29,30)(H2,28,31,37);3*1H. The van der Waals surface area contributed by atoms with Crippen molar-refractivity contribution in [3.8, 4) is 28.3 Å². The van der Waals surface area contributed by atoms with Crippen molar-refractivity contribution in [2.75, 3.05) is 71.1 Å². The summed E-state index contributed by atoms with van der Waals surface area (Å²) in [5, 5.41) is 30.3. The Labute approximate surface area is 261 Å². The van der Waals surface area contributed by atoms with Crippen LogP contribution >= 0.6 is 37.2 Å². The number of ketones is 1. The number of aliphatic hydroxyl groups excluding tert-OH is 2. The molecule has 1 aliphatic carbocycles. The van der Waals surface area contributed by atoms with E-state index in [1.165, 1.54) is 0 Å². The van der Waals surface area contributed by atoms with Gasteiger partial charge in [0, 0.05) is 43.9 Å². The van der Waals surface area contributed by atoms with Crippen LogP contribution in [0.15, 0.2) is 42.5 Å². The fraction of sp³-hybridized carbons (Fsp3) is 0.370. The van der Waals surface area contributed by atoms with Crippen LogP contribution in [0.5, 0.6) is 5.75 Å². The van der Waals surface area contributed by atoms with Crippen LogP contribution < -0.4 is 15.5 Å². The van der Waals surface area contributed by atoms with E-state index in [2.05, 4.69) is 20.9 Å². The average molecular weight is 646 g/mol. The van der Waals surface area contributed by atoms with Crippen molar-refractivity contribution in [3.63, 3.8) is 0 Å². The summed E-state index contributed by atoms with van der Waals surface area (Å²) in [7, 11) is 0. The van der Waals surface area contributed by atoms with Crippen molar-refractivity contribution >= 4 is 54.7 Å². The highest BCUT2D eigenvalue weighted by Gasteiger charge is 2.35. The average Bonchev–Trinajstić information content (AvgIpc) is 3.50. The number of aliphatic hydroxyl groups is 2. The number of aromatic amines is 1. The van der Waals surface area contributed by atoms with Crippen LogP contribution in [0, 0.1) is 0 Å². The molecule has 0 unspecified atom stereocenters. The molecule has 1 aromatic heterocycles. The molecule has 15 heteroatoms. The summed E-state index contributed by atoms with van der Waals surface area (Å²) >= 11 is 0. The number of hydrogen-bond donors (Lipinski definition) is 5. The van der Waals surface area contributed by atoms with Gasteiger partial charge in [-0.15, -0.1) is 37.2 Å². The summed E-state index contributed by atoms with van der Waals surface area (Å²) in [6, 6.07) is 12.2. The Morgan fingerprint density at radius 3 is 2.36 bits per heavy atom. The molecule has 3 aromatic rings. The zero-order valence-corrected chi connectivity index (χ0v) is 25.2. The van der Waals surface area contributed by atoms with Gasteiger partial charge in [0.05, 0.1) is 48.9 Å². The molecule has 1 saturated heterocycles. The summed E-state index contributed by atoms with van der Waals surface area (Å²) in [5.74, 6) is 0.450. The highest BCUT2D eigenvalue weighted by Crippen LogP contribution is 2.43. The quantitative estimate of drug-likeness (QED) is 0.166. The van der Waals surface area contributed by atoms with E-state index in [-0.39, 0.29) is 56.2 Å². The topological polar surface area (TPSA) is 152 Å². The largest absolute Gasteiger partial charge is 0.492 e. The van der Waals surface area contributed by atoms with Gasteiger partial charge in [-0.3, -0.25) is 20.2 Å². The number of carbonyl (C=O) groups excluding carboxylic acids is 2. The van der Waals surface area contributed by atoms with Gasteiger partial charge in [0.2, 0.25) is 0 Å². The van der Waals surface area contributed by atoms with E-state index in [4.69, 9.17) is 19.7 Å². The second-order valence-corrected chi connectivity index (χ2v) is 9.21. The molecule has 2 aliphatic rings. The molecule has 2 amide bonds. The number of anilines is 1. The second kappa shape index (κ2) is 16.6. The molecule has 0 saturated carbocycles. The van der Waals surface area contributed by atoms with E-state index >= 15 is 0 Å². The van der Waals surface area contributed by atoms with Crippen LogP contribution in [0.4, 0.5) is 10.5 Å². The first-order chi connectivity index (χ1) is 19.1. The third kappa shape index (κ3) is 7.91. The summed E-state index contributed by atoms with van der Waals surface area (Å²) in [6.45, 7) is 4.23. The molecule has 2 heterocycles. The number of benzene rings is 2. The predicted molar refractivity (Wildman–Crippen MR) is 165 cm³/mol. The molecule has 5 rings (SSSR count). The maximum absolute atomic E-state index is 13.6. The number of hydrazine groups is 1. The molecular formula is C27H35Cl3N6O6. The molecule has 0 atom stereocenters. The summed E-state index contributed by atoms with van der Waals surface area (Å²) < 4.78 is 11.1. The number of ether oxygens (including phenoxy) is 2. The van der Waals surface area contributed by atoms with Crippen molar-refractivity contribution in [3.05, 3.63) is 53.6 Å². The Kier molecular flexibility index (Phi) is 14.0. The maximum Gasteiger partial charge on any atom is 0.333 e. The van der Waals surface area contributed by atoms with Crippen molar-refractivity contribution in [1.82, 2.24) is 25.5 Å². The van der Waals surface area contributed by atoms with Crippen molar-refractivity contribution in [2.45, 2.75) is 0 Å². The van der Waals surface area contributed by atoms with Crippen LogP contribution in [0.3, 0.4) is 0 Å². The van der Waals surface area contributed by atoms with Gasteiger partial charge >= 0.3 is 6.03 Å². The van der Waals surface area contributed by atoms with Gasteiger partial charge in [0.1, 0.15) is 18.1 Å². The third-order valence-corrected chi connectivity index (χ3v) is 6.71. The van der Waals surface area contributed by atoms with Crippen LogP contribution in [0.2, 0.25) is 0 Å². The highest BCUT2D eigenvalue weighted by molar-refractivity contribution is 6.26. The number of hydrogen-bond acceptors (Lipinski definition) is 9. The molecule has 2 aromatic carbocycles. The third-order valence-electron chi connectivity index (χ3n) is 6.71. The Morgan fingerprint density at radius 2 is 1.69 bits per heavy atom. The molecule has 12 nitrogen and oxygen atoms in total. The Morgan fingerprint density at radius 1 is 1.00 bits per heavy atom. The Bertz CT molecular complexity index is 1310. The summed E-state index contributed by atoms with van der Waals surface area (Å²) in [4.78, 5) is 28.1. The van der Waals surface area contributed by atoms with Crippen LogP contribution in [-0.2, 0) is 4.74 Å². The zero-order valence-electron chi connectivity index (χ0n) is 22.7. The van der Waals surface area contributed by atoms with Gasteiger partial charge in [-0.2, -0.15) is 5.10 Å². The number of rotatable bonds is 11. The number of fused-ring (bicyclic) bond motifs is 3. The lowest BCUT2D eigenvalue weighted by Gasteiger charge is -2.27. The van der Waals surface area contributed by atoms with Gasteiger partial charge in [-0.05, 0) is 30.3 Å². The first kappa shape index (κ1) is 35.3. The number of carbonyl (C=O) groups is 2. The monoisotopic (exact) mass is 644 g/mol. The molecule has 1 aliphatic heterocycles. The first-order valence-corrected chi connectivity index (χ1v) is 12.9. The number of aromatic nitrogens is 2. The van der Waals surface area contributed by atoms with E-state index in [0.717, 1.165) is 5.56 Å². The normalized spacial score (nSPS) is 13.7. The van der Waals surface area contributed by atoms with E-state index in [9.17, 15) is 9.59 Å². The smallest absolute Gasteiger partial charge is 0.333 e. The van der Waals surface area contributed by atoms with E-state index in [1.54, 1.807) is 17.1 Å². The fourth-order valence-electron chi connectivity index (χ4n) is 4.79. The highest BCUT2D eigenvalue weighted by atomic mass is 35.5. The number of nitrogens with zero attached hydrogens (tertiary/aromatic N) is 3. The lowest BCUT2D eigenvalue weighted by Crippen LogP contribution is -2.49. The number of morpholine rings is 1. The Balaban J connectivity index is 0.00000205. The van der Waals surface area contributed by atoms with E-state index in [0.29, 0.717) is 92.1 Å². The zero-order chi connectivity index (χ0) is 27.2. The number of amides is 2. The lowest BCUT2D eigenvalue weighted by molar-refractivity contribution is 0.0207. The molecule has 5 N–H and O–H groups in total. The van der Waals surface area contributed by atoms with Gasteiger partial charge in [-0.25, -0.2) is 9.80 Å². The van der Waals surface area contributed by atoms with Crippen molar-refractivity contribution in [1.29, 1.82) is 0 Å².